The second kappa shape index (κ2) is 5.40. The first-order valence-electron chi connectivity index (χ1n) is 6.50. The number of carbonyl (C=O) groups is 1. The predicted octanol–water partition coefficient (Wildman–Crippen LogP) is 1.60. The summed E-state index contributed by atoms with van der Waals surface area (Å²) in [5.74, 6) is 0.439. The van der Waals surface area contributed by atoms with Crippen LogP contribution in [0.2, 0.25) is 0 Å². The summed E-state index contributed by atoms with van der Waals surface area (Å²) in [7, 11) is 0. The number of hydrogen-bond acceptors (Lipinski definition) is 3. The van der Waals surface area contributed by atoms with Crippen molar-refractivity contribution in [1.29, 1.82) is 0 Å². The molecule has 18 heavy (non-hydrogen) atoms. The van der Waals surface area contributed by atoms with Gasteiger partial charge >= 0.3 is 0 Å². The van der Waals surface area contributed by atoms with E-state index in [1.807, 2.05) is 6.07 Å². The summed E-state index contributed by atoms with van der Waals surface area (Å²) < 4.78 is 0. The lowest BCUT2D eigenvalue weighted by atomic mass is 10.1. The van der Waals surface area contributed by atoms with Crippen molar-refractivity contribution in [3.63, 3.8) is 0 Å². The van der Waals surface area contributed by atoms with Gasteiger partial charge in [-0.05, 0) is 43.0 Å². The fraction of sp³-hybridized carbons (Fsp3) is 0.500. The molecule has 0 spiro atoms. The molecule has 1 aromatic carbocycles. The predicted molar refractivity (Wildman–Crippen MR) is 73.0 cm³/mol. The summed E-state index contributed by atoms with van der Waals surface area (Å²) in [5.41, 5.74) is 13.4. The van der Waals surface area contributed by atoms with Gasteiger partial charge in [0.15, 0.2) is 0 Å². The van der Waals surface area contributed by atoms with Crippen molar-refractivity contribution in [2.75, 3.05) is 18.8 Å². The molecule has 1 aliphatic carbocycles. The summed E-state index contributed by atoms with van der Waals surface area (Å²) in [6, 6.07) is 5.33. The number of rotatable bonds is 6. The van der Waals surface area contributed by atoms with Crippen LogP contribution in [0.3, 0.4) is 0 Å². The number of nitrogen functional groups attached to an aromatic ring is 1. The fourth-order valence-electron chi connectivity index (χ4n) is 2.10. The van der Waals surface area contributed by atoms with Crippen LogP contribution >= 0.6 is 0 Å². The third kappa shape index (κ3) is 3.23. The summed E-state index contributed by atoms with van der Waals surface area (Å²) in [4.78, 5) is 13.4. The van der Waals surface area contributed by atoms with E-state index in [1.54, 1.807) is 12.1 Å². The van der Waals surface area contributed by atoms with Crippen LogP contribution in [0, 0.1) is 5.92 Å². The number of hydrogen-bond donors (Lipinski definition) is 2. The van der Waals surface area contributed by atoms with Gasteiger partial charge < -0.3 is 11.5 Å². The standard InChI is InChI=1S/C14H21N3O/c1-2-17(8-10-3-4-10)9-12-6-5-11(14(16)18)7-13(12)15/h5-7,10H,2-4,8-9,15H2,1H3,(H2,16,18). The van der Waals surface area contributed by atoms with Gasteiger partial charge in [0.25, 0.3) is 0 Å². The van der Waals surface area contributed by atoms with Crippen molar-refractivity contribution in [3.8, 4) is 0 Å². The Morgan fingerprint density at radius 1 is 1.44 bits per heavy atom. The van der Waals surface area contributed by atoms with Crippen LogP contribution in [-0.4, -0.2) is 23.9 Å². The number of nitrogens with two attached hydrogens (primary N) is 2. The Balaban J connectivity index is 2.05. The minimum atomic E-state index is -0.432. The molecule has 4 heteroatoms. The Bertz CT molecular complexity index is 441. The topological polar surface area (TPSA) is 72.3 Å². The third-order valence-electron chi connectivity index (χ3n) is 3.48. The maximum atomic E-state index is 11.1. The lowest BCUT2D eigenvalue weighted by Gasteiger charge is -2.21. The van der Waals surface area contributed by atoms with Crippen molar-refractivity contribution in [1.82, 2.24) is 4.90 Å². The van der Waals surface area contributed by atoms with E-state index in [2.05, 4.69) is 11.8 Å². The number of anilines is 1. The summed E-state index contributed by atoms with van der Waals surface area (Å²) in [6.07, 6.45) is 2.71. The molecule has 0 aromatic heterocycles. The molecule has 4 nitrogen and oxygen atoms in total. The Labute approximate surface area is 108 Å². The quantitative estimate of drug-likeness (QED) is 0.750. The van der Waals surface area contributed by atoms with E-state index in [4.69, 9.17) is 11.5 Å². The summed E-state index contributed by atoms with van der Waals surface area (Å²) in [6.45, 7) is 5.18. The van der Waals surface area contributed by atoms with E-state index in [9.17, 15) is 4.79 Å². The largest absolute Gasteiger partial charge is 0.398 e. The van der Waals surface area contributed by atoms with Crippen LogP contribution in [0.1, 0.15) is 35.7 Å². The zero-order valence-electron chi connectivity index (χ0n) is 10.9. The van der Waals surface area contributed by atoms with E-state index in [0.29, 0.717) is 11.3 Å². The normalized spacial score (nSPS) is 15.0. The van der Waals surface area contributed by atoms with Crippen molar-refractivity contribution in [3.05, 3.63) is 29.3 Å². The molecular weight excluding hydrogens is 226 g/mol. The molecule has 4 N–H and O–H groups in total. The monoisotopic (exact) mass is 247 g/mol. The lowest BCUT2D eigenvalue weighted by Crippen LogP contribution is -2.25. The first kappa shape index (κ1) is 12.9. The van der Waals surface area contributed by atoms with Crippen LogP contribution in [0.4, 0.5) is 5.69 Å². The first-order chi connectivity index (χ1) is 8.60. The van der Waals surface area contributed by atoms with Crippen LogP contribution in [0.5, 0.6) is 0 Å². The molecule has 0 saturated heterocycles. The number of primary amides is 1. The maximum absolute atomic E-state index is 11.1. The molecule has 0 aliphatic heterocycles. The van der Waals surface area contributed by atoms with Gasteiger partial charge in [0.2, 0.25) is 5.91 Å². The van der Waals surface area contributed by atoms with Gasteiger partial charge in [-0.25, -0.2) is 0 Å². The van der Waals surface area contributed by atoms with Crippen LogP contribution in [0.15, 0.2) is 18.2 Å². The SMILES string of the molecule is CCN(Cc1ccc(C(N)=O)cc1N)CC1CC1. The zero-order valence-corrected chi connectivity index (χ0v) is 10.9. The molecule has 0 atom stereocenters. The molecule has 1 fully saturated rings. The van der Waals surface area contributed by atoms with Crippen molar-refractivity contribution in [2.24, 2.45) is 11.7 Å². The van der Waals surface area contributed by atoms with Crippen LogP contribution in [-0.2, 0) is 6.54 Å². The van der Waals surface area contributed by atoms with E-state index >= 15 is 0 Å². The number of amides is 1. The molecule has 2 rings (SSSR count). The summed E-state index contributed by atoms with van der Waals surface area (Å²) >= 11 is 0. The van der Waals surface area contributed by atoms with Crippen molar-refractivity contribution < 1.29 is 4.79 Å². The molecule has 0 heterocycles. The lowest BCUT2D eigenvalue weighted by molar-refractivity contribution is 0.100. The highest BCUT2D eigenvalue weighted by atomic mass is 16.1. The second-order valence-corrected chi connectivity index (χ2v) is 5.05. The highest BCUT2D eigenvalue weighted by Crippen LogP contribution is 2.30. The minimum absolute atomic E-state index is 0.432. The van der Waals surface area contributed by atoms with Gasteiger partial charge in [0.05, 0.1) is 0 Å². The molecule has 98 valence electrons. The fourth-order valence-corrected chi connectivity index (χ4v) is 2.10. The molecule has 1 amide bonds. The number of benzene rings is 1. The van der Waals surface area contributed by atoms with Gasteiger partial charge in [-0.15, -0.1) is 0 Å². The maximum Gasteiger partial charge on any atom is 0.248 e. The molecular formula is C14H21N3O. The molecule has 0 unspecified atom stereocenters. The summed E-state index contributed by atoms with van der Waals surface area (Å²) in [5, 5.41) is 0. The van der Waals surface area contributed by atoms with E-state index < -0.39 is 5.91 Å². The second-order valence-electron chi connectivity index (χ2n) is 5.05. The first-order valence-corrected chi connectivity index (χ1v) is 6.50. The van der Waals surface area contributed by atoms with Crippen molar-refractivity contribution in [2.45, 2.75) is 26.3 Å². The Kier molecular flexibility index (Phi) is 3.87. The Morgan fingerprint density at radius 2 is 2.17 bits per heavy atom. The Hall–Kier alpha value is -1.55. The molecule has 1 aliphatic rings. The van der Waals surface area contributed by atoms with E-state index in [0.717, 1.165) is 31.1 Å². The molecule has 0 bridgehead atoms. The molecule has 1 saturated carbocycles. The number of nitrogens with zero attached hydrogens (tertiary/aromatic N) is 1. The van der Waals surface area contributed by atoms with Gasteiger partial charge in [0, 0.05) is 24.3 Å². The smallest absolute Gasteiger partial charge is 0.248 e. The van der Waals surface area contributed by atoms with Crippen molar-refractivity contribution >= 4 is 11.6 Å². The average Bonchev–Trinajstić information content (AvgIpc) is 3.14. The highest BCUT2D eigenvalue weighted by Gasteiger charge is 2.23. The molecule has 0 radical (unpaired) electrons. The van der Waals surface area contributed by atoms with E-state index in [-0.39, 0.29) is 0 Å². The molecule has 1 aromatic rings. The zero-order chi connectivity index (χ0) is 13.1. The van der Waals surface area contributed by atoms with E-state index in [1.165, 1.54) is 12.8 Å². The van der Waals surface area contributed by atoms with Crippen LogP contribution in [0.25, 0.3) is 0 Å². The van der Waals surface area contributed by atoms with Gasteiger partial charge in [0.1, 0.15) is 0 Å². The van der Waals surface area contributed by atoms with Gasteiger partial charge in [-0.2, -0.15) is 0 Å². The highest BCUT2D eigenvalue weighted by molar-refractivity contribution is 5.93. The Morgan fingerprint density at radius 3 is 2.67 bits per heavy atom. The number of carbonyl (C=O) groups excluding carboxylic acids is 1. The van der Waals surface area contributed by atoms with Gasteiger partial charge in [-0.3, -0.25) is 9.69 Å². The minimum Gasteiger partial charge on any atom is -0.398 e. The van der Waals surface area contributed by atoms with Gasteiger partial charge in [-0.1, -0.05) is 13.0 Å². The van der Waals surface area contributed by atoms with Crippen LogP contribution < -0.4 is 11.5 Å². The average molecular weight is 247 g/mol. The third-order valence-corrected chi connectivity index (χ3v) is 3.48.